The van der Waals surface area contributed by atoms with Gasteiger partial charge in [-0.25, -0.2) is 9.97 Å². The van der Waals surface area contributed by atoms with Gasteiger partial charge < -0.3 is 14.7 Å². The molecule has 3 heterocycles. The largest absolute Gasteiger partial charge is 0.345 e. The van der Waals surface area contributed by atoms with E-state index in [2.05, 4.69) is 51.1 Å². The summed E-state index contributed by atoms with van der Waals surface area (Å²) in [6.45, 7) is 9.29. The van der Waals surface area contributed by atoms with Gasteiger partial charge in [0.1, 0.15) is 11.8 Å². The SMILES string of the molecule is CN1CCN(Cc2cccc(-c3cnc4[nH]cc(CC(C)(C)C=O)c4n3)c2)CC1. The summed E-state index contributed by atoms with van der Waals surface area (Å²) in [5, 5.41) is 0. The lowest BCUT2D eigenvalue weighted by Crippen LogP contribution is -2.43. The summed E-state index contributed by atoms with van der Waals surface area (Å²) in [6, 6.07) is 8.59. The molecule has 0 atom stereocenters. The van der Waals surface area contributed by atoms with Crippen LogP contribution in [0.4, 0.5) is 0 Å². The minimum atomic E-state index is -0.421. The molecular weight excluding hydrogens is 362 g/mol. The van der Waals surface area contributed by atoms with Gasteiger partial charge >= 0.3 is 0 Å². The van der Waals surface area contributed by atoms with E-state index < -0.39 is 5.41 Å². The summed E-state index contributed by atoms with van der Waals surface area (Å²) in [6.07, 6.45) is 5.38. The number of nitrogens with zero attached hydrogens (tertiary/aromatic N) is 4. The van der Waals surface area contributed by atoms with E-state index >= 15 is 0 Å². The number of fused-ring (bicyclic) bond motifs is 1. The molecule has 4 rings (SSSR count). The summed E-state index contributed by atoms with van der Waals surface area (Å²) >= 11 is 0. The molecule has 2 aromatic heterocycles. The first-order valence-electron chi connectivity index (χ1n) is 10.2. The molecule has 0 saturated carbocycles. The fraction of sp³-hybridized carbons (Fsp3) is 0.435. The summed E-state index contributed by atoms with van der Waals surface area (Å²) in [5.74, 6) is 0. The lowest BCUT2D eigenvalue weighted by atomic mass is 9.88. The van der Waals surface area contributed by atoms with E-state index in [0.717, 1.165) is 67.0 Å². The minimum absolute atomic E-state index is 0.421. The van der Waals surface area contributed by atoms with Gasteiger partial charge in [-0.1, -0.05) is 32.0 Å². The van der Waals surface area contributed by atoms with Crippen LogP contribution in [0.15, 0.2) is 36.7 Å². The third kappa shape index (κ3) is 4.54. The molecule has 6 nitrogen and oxygen atoms in total. The average molecular weight is 392 g/mol. The number of likely N-dealkylation sites (N-methyl/N-ethyl adjacent to an activating group) is 1. The van der Waals surface area contributed by atoms with Gasteiger partial charge in [-0.3, -0.25) is 4.90 Å². The zero-order chi connectivity index (χ0) is 20.4. The van der Waals surface area contributed by atoms with E-state index in [1.165, 1.54) is 5.56 Å². The van der Waals surface area contributed by atoms with Crippen LogP contribution in [0, 0.1) is 5.41 Å². The number of hydrogen-bond acceptors (Lipinski definition) is 5. The standard InChI is InChI=1S/C23H29N5O/c1-23(2,16-29)12-19-13-24-22-21(19)26-20(14-25-22)18-6-4-5-17(11-18)15-28-9-7-27(3)8-10-28/h4-6,11,13-14,16H,7-10,12,15H2,1-3H3,(H,24,25). The number of rotatable bonds is 6. The van der Waals surface area contributed by atoms with Crippen molar-refractivity contribution in [3.05, 3.63) is 47.8 Å². The third-order valence-corrected chi connectivity index (χ3v) is 5.65. The summed E-state index contributed by atoms with van der Waals surface area (Å²) in [5.41, 5.74) is 5.46. The van der Waals surface area contributed by atoms with Crippen molar-refractivity contribution in [2.75, 3.05) is 33.2 Å². The first-order valence-corrected chi connectivity index (χ1v) is 10.2. The molecule has 0 radical (unpaired) electrons. The zero-order valence-electron chi connectivity index (χ0n) is 17.5. The van der Waals surface area contributed by atoms with Gasteiger partial charge in [0.05, 0.1) is 11.9 Å². The number of piperazine rings is 1. The van der Waals surface area contributed by atoms with Gasteiger partial charge in [0, 0.05) is 49.9 Å². The van der Waals surface area contributed by atoms with E-state index in [-0.39, 0.29) is 0 Å². The Morgan fingerprint density at radius 2 is 2.00 bits per heavy atom. The Bertz CT molecular complexity index is 1000. The van der Waals surface area contributed by atoms with Crippen LogP contribution < -0.4 is 0 Å². The van der Waals surface area contributed by atoms with Crippen LogP contribution in [0.1, 0.15) is 25.0 Å². The van der Waals surface area contributed by atoms with Crippen LogP contribution in [-0.4, -0.2) is 64.3 Å². The van der Waals surface area contributed by atoms with E-state index in [9.17, 15) is 4.79 Å². The molecule has 1 aliphatic heterocycles. The highest BCUT2D eigenvalue weighted by molar-refractivity contribution is 5.78. The molecule has 0 aliphatic carbocycles. The molecule has 1 aromatic carbocycles. The number of hydrogen-bond donors (Lipinski definition) is 1. The molecule has 1 N–H and O–H groups in total. The van der Waals surface area contributed by atoms with Crippen molar-refractivity contribution in [2.24, 2.45) is 5.41 Å². The Hall–Kier alpha value is -2.57. The van der Waals surface area contributed by atoms with Gasteiger partial charge in [-0.2, -0.15) is 0 Å². The van der Waals surface area contributed by atoms with Crippen LogP contribution >= 0.6 is 0 Å². The van der Waals surface area contributed by atoms with Crippen LogP contribution in [0.5, 0.6) is 0 Å². The van der Waals surface area contributed by atoms with Crippen molar-refractivity contribution >= 4 is 17.5 Å². The fourth-order valence-corrected chi connectivity index (χ4v) is 3.84. The molecule has 1 aliphatic rings. The smallest absolute Gasteiger partial charge is 0.156 e. The predicted molar refractivity (Wildman–Crippen MR) is 116 cm³/mol. The van der Waals surface area contributed by atoms with Crippen molar-refractivity contribution in [1.29, 1.82) is 0 Å². The predicted octanol–water partition coefficient (Wildman–Crippen LogP) is 3.14. The maximum atomic E-state index is 11.3. The fourth-order valence-electron chi connectivity index (χ4n) is 3.84. The summed E-state index contributed by atoms with van der Waals surface area (Å²) < 4.78 is 0. The van der Waals surface area contributed by atoms with Gasteiger partial charge in [-0.15, -0.1) is 0 Å². The third-order valence-electron chi connectivity index (χ3n) is 5.65. The van der Waals surface area contributed by atoms with Gasteiger partial charge in [0.2, 0.25) is 0 Å². The number of H-pyrrole nitrogens is 1. The molecule has 3 aromatic rings. The van der Waals surface area contributed by atoms with Crippen molar-refractivity contribution in [3.8, 4) is 11.3 Å². The highest BCUT2D eigenvalue weighted by Crippen LogP contribution is 2.26. The molecule has 0 unspecified atom stereocenters. The Morgan fingerprint density at radius 1 is 1.21 bits per heavy atom. The number of benzene rings is 1. The second-order valence-corrected chi connectivity index (χ2v) is 8.83. The lowest BCUT2D eigenvalue weighted by Gasteiger charge is -2.32. The lowest BCUT2D eigenvalue weighted by molar-refractivity contribution is -0.114. The van der Waals surface area contributed by atoms with Crippen molar-refractivity contribution < 1.29 is 4.79 Å². The maximum Gasteiger partial charge on any atom is 0.156 e. The topological polar surface area (TPSA) is 65.1 Å². The summed E-state index contributed by atoms with van der Waals surface area (Å²) in [4.78, 5) is 28.9. The monoisotopic (exact) mass is 391 g/mol. The van der Waals surface area contributed by atoms with Gasteiger partial charge in [-0.05, 0) is 30.7 Å². The van der Waals surface area contributed by atoms with Crippen LogP contribution in [0.3, 0.4) is 0 Å². The quantitative estimate of drug-likeness (QED) is 0.654. The second-order valence-electron chi connectivity index (χ2n) is 8.83. The molecule has 6 heteroatoms. The number of aromatic amines is 1. The van der Waals surface area contributed by atoms with E-state index in [4.69, 9.17) is 4.98 Å². The van der Waals surface area contributed by atoms with Crippen molar-refractivity contribution in [1.82, 2.24) is 24.8 Å². The van der Waals surface area contributed by atoms with E-state index in [0.29, 0.717) is 6.42 Å². The molecule has 0 bridgehead atoms. The number of nitrogens with one attached hydrogen (secondary N) is 1. The minimum Gasteiger partial charge on any atom is -0.345 e. The average Bonchev–Trinajstić information content (AvgIpc) is 3.11. The Morgan fingerprint density at radius 3 is 2.76 bits per heavy atom. The normalized spacial score (nSPS) is 16.4. The van der Waals surface area contributed by atoms with Crippen molar-refractivity contribution in [3.63, 3.8) is 0 Å². The Labute approximate surface area is 172 Å². The van der Waals surface area contributed by atoms with E-state index in [1.54, 1.807) is 0 Å². The van der Waals surface area contributed by atoms with Crippen molar-refractivity contribution in [2.45, 2.75) is 26.8 Å². The number of carbonyl (C=O) groups excluding carboxylic acids is 1. The van der Waals surface area contributed by atoms with Crippen LogP contribution in [-0.2, 0) is 17.8 Å². The highest BCUT2D eigenvalue weighted by atomic mass is 16.1. The maximum absolute atomic E-state index is 11.3. The van der Waals surface area contributed by atoms with Gasteiger partial charge in [0.15, 0.2) is 5.65 Å². The number of aldehydes is 1. The highest BCUT2D eigenvalue weighted by Gasteiger charge is 2.20. The molecule has 1 fully saturated rings. The van der Waals surface area contributed by atoms with Crippen LogP contribution in [0.2, 0.25) is 0 Å². The number of carbonyl (C=O) groups is 1. The Balaban J connectivity index is 1.58. The first-order chi connectivity index (χ1) is 13.9. The van der Waals surface area contributed by atoms with Gasteiger partial charge in [0.25, 0.3) is 0 Å². The Kier molecular flexibility index (Phi) is 5.48. The molecule has 0 spiro atoms. The number of aromatic nitrogens is 3. The zero-order valence-corrected chi connectivity index (χ0v) is 17.5. The summed E-state index contributed by atoms with van der Waals surface area (Å²) in [7, 11) is 2.18. The second kappa shape index (κ2) is 8.05. The van der Waals surface area contributed by atoms with Crippen LogP contribution in [0.25, 0.3) is 22.4 Å². The molecule has 0 amide bonds. The molecule has 1 saturated heterocycles. The first kappa shape index (κ1) is 19.7. The molecule has 29 heavy (non-hydrogen) atoms. The molecular formula is C23H29N5O. The van der Waals surface area contributed by atoms with E-state index in [1.807, 2.05) is 26.2 Å². The molecule has 152 valence electrons.